The molecule has 2 aromatic carbocycles. The highest BCUT2D eigenvalue weighted by Crippen LogP contribution is 2.18. The third kappa shape index (κ3) is 4.54. The Balaban J connectivity index is 1.57. The predicted molar refractivity (Wildman–Crippen MR) is 101 cm³/mol. The largest absolute Gasteiger partial charge is 0.356 e. The van der Waals surface area contributed by atoms with Gasteiger partial charge in [-0.1, -0.05) is 18.2 Å². The summed E-state index contributed by atoms with van der Waals surface area (Å²) in [4.78, 5) is 16.2. The smallest absolute Gasteiger partial charge is 0.248 e. The molecule has 0 atom stereocenters. The van der Waals surface area contributed by atoms with Crippen LogP contribution in [0.25, 0.3) is 6.08 Å². The Hall–Kier alpha value is -2.92. The third-order valence-corrected chi connectivity index (χ3v) is 4.05. The van der Waals surface area contributed by atoms with Gasteiger partial charge in [0.05, 0.1) is 10.7 Å². The normalized spacial score (nSPS) is 10.7. The summed E-state index contributed by atoms with van der Waals surface area (Å²) in [6, 6.07) is 17.5. The number of nitrogens with one attached hydrogen (secondary N) is 2. The fraction of sp³-hybridized carbons (Fsp3) is 0.0526. The van der Waals surface area contributed by atoms with Gasteiger partial charge in [-0.15, -0.1) is 11.3 Å². The second-order valence-electron chi connectivity index (χ2n) is 5.18. The molecule has 1 heterocycles. The van der Waals surface area contributed by atoms with Crippen molar-refractivity contribution in [1.29, 1.82) is 0 Å². The number of nitrogens with zero attached hydrogens (tertiary/aromatic N) is 1. The predicted octanol–water partition coefficient (Wildman–Crippen LogP) is 4.85. The Morgan fingerprint density at radius 1 is 1.00 bits per heavy atom. The van der Waals surface area contributed by atoms with Crippen molar-refractivity contribution in [2.75, 3.05) is 10.6 Å². The number of carbonyl (C=O) groups is 1. The van der Waals surface area contributed by atoms with Gasteiger partial charge in [-0.05, 0) is 49.4 Å². The lowest BCUT2D eigenvalue weighted by atomic mass is 10.2. The average Bonchev–Trinajstić information content (AvgIpc) is 3.01. The molecule has 0 saturated carbocycles. The van der Waals surface area contributed by atoms with E-state index in [0.717, 1.165) is 27.8 Å². The standard InChI is InChI=1S/C19H17N3OS/c1-14-20-18(13-24-14)11-12-19(23)22-17-9-7-16(8-10-17)21-15-5-3-2-4-6-15/h2-13,21H,1H3,(H,22,23). The maximum Gasteiger partial charge on any atom is 0.248 e. The molecule has 2 N–H and O–H groups in total. The first-order valence-corrected chi connectivity index (χ1v) is 8.40. The van der Waals surface area contributed by atoms with E-state index in [1.54, 1.807) is 17.4 Å². The van der Waals surface area contributed by atoms with Crippen LogP contribution in [-0.2, 0) is 4.79 Å². The Labute approximate surface area is 144 Å². The number of thiazole rings is 1. The van der Waals surface area contributed by atoms with Crippen molar-refractivity contribution in [3.8, 4) is 0 Å². The lowest BCUT2D eigenvalue weighted by Gasteiger charge is -2.07. The van der Waals surface area contributed by atoms with Gasteiger partial charge in [0.15, 0.2) is 0 Å². The van der Waals surface area contributed by atoms with Crippen LogP contribution in [-0.4, -0.2) is 10.9 Å². The minimum atomic E-state index is -0.176. The number of rotatable bonds is 5. The second kappa shape index (κ2) is 7.57. The molecule has 0 unspecified atom stereocenters. The SMILES string of the molecule is Cc1nc(C=CC(=O)Nc2ccc(Nc3ccccc3)cc2)cs1. The maximum atomic E-state index is 11.9. The first-order valence-electron chi connectivity index (χ1n) is 7.52. The highest BCUT2D eigenvalue weighted by molar-refractivity contribution is 7.09. The number of amides is 1. The van der Waals surface area contributed by atoms with E-state index in [-0.39, 0.29) is 5.91 Å². The quantitative estimate of drug-likeness (QED) is 0.656. The molecule has 1 amide bonds. The topological polar surface area (TPSA) is 54.0 Å². The van der Waals surface area contributed by atoms with Crippen LogP contribution in [0.1, 0.15) is 10.7 Å². The van der Waals surface area contributed by atoms with E-state index >= 15 is 0 Å². The number of aromatic nitrogens is 1. The first-order chi connectivity index (χ1) is 11.7. The van der Waals surface area contributed by atoms with Gasteiger partial charge in [0.2, 0.25) is 5.91 Å². The fourth-order valence-electron chi connectivity index (χ4n) is 2.13. The fourth-order valence-corrected chi connectivity index (χ4v) is 2.71. The molecule has 3 aromatic rings. The van der Waals surface area contributed by atoms with Crippen LogP contribution >= 0.6 is 11.3 Å². The number of hydrogen-bond acceptors (Lipinski definition) is 4. The van der Waals surface area contributed by atoms with Crippen molar-refractivity contribution in [3.05, 3.63) is 76.8 Å². The van der Waals surface area contributed by atoms with Crippen molar-refractivity contribution in [1.82, 2.24) is 4.98 Å². The van der Waals surface area contributed by atoms with Crippen molar-refractivity contribution >= 4 is 40.4 Å². The zero-order chi connectivity index (χ0) is 16.8. The molecular weight excluding hydrogens is 318 g/mol. The van der Waals surface area contributed by atoms with E-state index in [2.05, 4.69) is 15.6 Å². The number of benzene rings is 2. The number of aryl methyl sites for hydroxylation is 1. The summed E-state index contributed by atoms with van der Waals surface area (Å²) in [5, 5.41) is 9.03. The molecule has 0 bridgehead atoms. The number of anilines is 3. The molecule has 5 heteroatoms. The minimum absolute atomic E-state index is 0.176. The summed E-state index contributed by atoms with van der Waals surface area (Å²) in [5.41, 5.74) is 3.54. The summed E-state index contributed by atoms with van der Waals surface area (Å²) < 4.78 is 0. The highest BCUT2D eigenvalue weighted by Gasteiger charge is 2.00. The number of carbonyl (C=O) groups excluding carboxylic acids is 1. The lowest BCUT2D eigenvalue weighted by Crippen LogP contribution is -2.07. The lowest BCUT2D eigenvalue weighted by molar-refractivity contribution is -0.111. The summed E-state index contributed by atoms with van der Waals surface area (Å²) in [5.74, 6) is -0.176. The average molecular weight is 335 g/mol. The molecule has 0 aliphatic heterocycles. The Kier molecular flexibility index (Phi) is 5.03. The Morgan fingerprint density at radius 2 is 1.67 bits per heavy atom. The van der Waals surface area contributed by atoms with Crippen LogP contribution < -0.4 is 10.6 Å². The van der Waals surface area contributed by atoms with E-state index < -0.39 is 0 Å². The van der Waals surface area contributed by atoms with Crippen LogP contribution in [0.5, 0.6) is 0 Å². The van der Waals surface area contributed by atoms with Crippen LogP contribution in [0.2, 0.25) is 0 Å². The highest BCUT2D eigenvalue weighted by atomic mass is 32.1. The van der Waals surface area contributed by atoms with Gasteiger partial charge in [0, 0.05) is 28.5 Å². The van der Waals surface area contributed by atoms with Gasteiger partial charge in [-0.3, -0.25) is 4.79 Å². The van der Waals surface area contributed by atoms with Crippen LogP contribution in [0, 0.1) is 6.92 Å². The van der Waals surface area contributed by atoms with E-state index in [1.807, 2.05) is 66.9 Å². The Morgan fingerprint density at radius 3 is 2.33 bits per heavy atom. The number of hydrogen-bond donors (Lipinski definition) is 2. The molecule has 0 aliphatic rings. The van der Waals surface area contributed by atoms with Crippen molar-refractivity contribution in [3.63, 3.8) is 0 Å². The Bertz CT molecular complexity index is 839. The van der Waals surface area contributed by atoms with E-state index in [1.165, 1.54) is 6.08 Å². The maximum absolute atomic E-state index is 11.9. The van der Waals surface area contributed by atoms with Gasteiger partial charge in [0.25, 0.3) is 0 Å². The van der Waals surface area contributed by atoms with Crippen molar-refractivity contribution in [2.24, 2.45) is 0 Å². The summed E-state index contributed by atoms with van der Waals surface area (Å²) >= 11 is 1.56. The molecule has 3 rings (SSSR count). The zero-order valence-corrected chi connectivity index (χ0v) is 14.0. The molecule has 0 aliphatic carbocycles. The monoisotopic (exact) mass is 335 g/mol. The summed E-state index contributed by atoms with van der Waals surface area (Å²) in [6.07, 6.45) is 3.20. The van der Waals surface area contributed by atoms with Crippen LogP contribution in [0.3, 0.4) is 0 Å². The first kappa shape index (κ1) is 16.0. The van der Waals surface area contributed by atoms with Gasteiger partial charge in [0.1, 0.15) is 0 Å². The van der Waals surface area contributed by atoms with Gasteiger partial charge < -0.3 is 10.6 Å². The van der Waals surface area contributed by atoms with Crippen molar-refractivity contribution < 1.29 is 4.79 Å². The van der Waals surface area contributed by atoms with Crippen molar-refractivity contribution in [2.45, 2.75) is 6.92 Å². The zero-order valence-electron chi connectivity index (χ0n) is 13.2. The second-order valence-corrected chi connectivity index (χ2v) is 6.24. The molecule has 0 saturated heterocycles. The molecule has 24 heavy (non-hydrogen) atoms. The van der Waals surface area contributed by atoms with Crippen LogP contribution in [0.15, 0.2) is 66.1 Å². The molecule has 120 valence electrons. The van der Waals surface area contributed by atoms with E-state index in [9.17, 15) is 4.79 Å². The third-order valence-electron chi connectivity index (χ3n) is 3.26. The van der Waals surface area contributed by atoms with Gasteiger partial charge in [-0.25, -0.2) is 4.98 Å². The van der Waals surface area contributed by atoms with Crippen LogP contribution in [0.4, 0.5) is 17.1 Å². The summed E-state index contributed by atoms with van der Waals surface area (Å²) in [7, 11) is 0. The number of para-hydroxylation sites is 1. The molecule has 1 aromatic heterocycles. The molecule has 0 radical (unpaired) electrons. The minimum Gasteiger partial charge on any atom is -0.356 e. The van der Waals surface area contributed by atoms with E-state index in [0.29, 0.717) is 0 Å². The molecule has 0 fully saturated rings. The molecule has 4 nitrogen and oxygen atoms in total. The van der Waals surface area contributed by atoms with Gasteiger partial charge in [-0.2, -0.15) is 0 Å². The molecule has 0 spiro atoms. The van der Waals surface area contributed by atoms with E-state index in [4.69, 9.17) is 0 Å². The molecular formula is C19H17N3OS. The summed E-state index contributed by atoms with van der Waals surface area (Å²) in [6.45, 7) is 1.94. The van der Waals surface area contributed by atoms with Gasteiger partial charge >= 0.3 is 0 Å².